The molecule has 3 rings (SSSR count). The highest BCUT2D eigenvalue weighted by Crippen LogP contribution is 2.28. The highest BCUT2D eigenvalue weighted by Gasteiger charge is 2.36. The fraction of sp³-hybridized carbons (Fsp3) is 0.0667. The molecule has 0 spiro atoms. The number of carbonyl (C=O) groups excluding carboxylic acids is 2. The summed E-state index contributed by atoms with van der Waals surface area (Å²) >= 11 is 3.26. The van der Waals surface area contributed by atoms with Gasteiger partial charge in [0, 0.05) is 15.7 Å². The Morgan fingerprint density at radius 3 is 2.52 bits per heavy atom. The van der Waals surface area contributed by atoms with E-state index in [1.807, 2.05) is 0 Å². The molecule has 0 atom stereocenters. The molecule has 0 radical (unpaired) electrons. The molecule has 0 saturated carbocycles. The zero-order valence-corrected chi connectivity index (χ0v) is 12.4. The first-order valence-corrected chi connectivity index (χ1v) is 6.97. The van der Waals surface area contributed by atoms with E-state index in [4.69, 9.17) is 5.73 Å². The fourth-order valence-electron chi connectivity index (χ4n) is 2.31. The standard InChI is InChI=1S/C15H10BrFN2O2/c16-8-4-5-9-10(6-8)15(21)19(14(9)20)7-11-12(17)2-1-3-13(11)18/h1-6H,7,18H2. The van der Waals surface area contributed by atoms with Gasteiger partial charge in [-0.1, -0.05) is 22.0 Å². The normalized spacial score (nSPS) is 13.7. The Kier molecular flexibility index (Phi) is 3.25. The van der Waals surface area contributed by atoms with Gasteiger partial charge in [0.15, 0.2) is 0 Å². The Morgan fingerprint density at radius 1 is 1.10 bits per heavy atom. The first kappa shape index (κ1) is 13.8. The third-order valence-corrected chi connectivity index (χ3v) is 3.90. The van der Waals surface area contributed by atoms with Crippen molar-refractivity contribution in [3.05, 3.63) is 63.4 Å². The molecule has 0 saturated heterocycles. The summed E-state index contributed by atoms with van der Waals surface area (Å²) in [6.45, 7) is -0.178. The summed E-state index contributed by atoms with van der Waals surface area (Å²) in [4.78, 5) is 25.6. The van der Waals surface area contributed by atoms with Gasteiger partial charge in [-0.05, 0) is 30.3 Å². The lowest BCUT2D eigenvalue weighted by Crippen LogP contribution is -2.29. The van der Waals surface area contributed by atoms with E-state index in [0.29, 0.717) is 15.6 Å². The summed E-state index contributed by atoms with van der Waals surface area (Å²) in [6.07, 6.45) is 0. The van der Waals surface area contributed by atoms with Crippen LogP contribution in [0.1, 0.15) is 26.3 Å². The van der Waals surface area contributed by atoms with E-state index in [2.05, 4.69) is 15.9 Å². The minimum absolute atomic E-state index is 0.145. The predicted molar refractivity (Wildman–Crippen MR) is 79.2 cm³/mol. The first-order valence-electron chi connectivity index (χ1n) is 6.17. The third-order valence-electron chi connectivity index (χ3n) is 3.40. The van der Waals surface area contributed by atoms with Crippen molar-refractivity contribution in [3.8, 4) is 0 Å². The summed E-state index contributed by atoms with van der Waals surface area (Å²) in [5, 5.41) is 0. The van der Waals surface area contributed by atoms with E-state index >= 15 is 0 Å². The number of anilines is 1. The molecule has 4 nitrogen and oxygen atoms in total. The minimum atomic E-state index is -0.535. The van der Waals surface area contributed by atoms with Crippen molar-refractivity contribution >= 4 is 33.4 Å². The van der Waals surface area contributed by atoms with Crippen molar-refractivity contribution < 1.29 is 14.0 Å². The van der Waals surface area contributed by atoms with Crippen molar-refractivity contribution in [2.45, 2.75) is 6.54 Å². The molecule has 21 heavy (non-hydrogen) atoms. The fourth-order valence-corrected chi connectivity index (χ4v) is 2.67. The van der Waals surface area contributed by atoms with Crippen LogP contribution in [0.4, 0.5) is 10.1 Å². The van der Waals surface area contributed by atoms with E-state index < -0.39 is 17.6 Å². The van der Waals surface area contributed by atoms with Crippen LogP contribution in [0.5, 0.6) is 0 Å². The van der Waals surface area contributed by atoms with Crippen LogP contribution >= 0.6 is 15.9 Å². The molecule has 1 heterocycles. The molecule has 6 heteroatoms. The summed E-state index contributed by atoms with van der Waals surface area (Å²) in [7, 11) is 0. The van der Waals surface area contributed by atoms with Gasteiger partial charge < -0.3 is 5.73 Å². The Bertz CT molecular complexity index is 756. The van der Waals surface area contributed by atoms with Crippen LogP contribution in [0, 0.1) is 5.82 Å². The Hall–Kier alpha value is -2.21. The third kappa shape index (κ3) is 2.21. The number of rotatable bonds is 2. The summed E-state index contributed by atoms with van der Waals surface area (Å²) in [5.74, 6) is -1.42. The number of carbonyl (C=O) groups is 2. The molecular weight excluding hydrogens is 339 g/mol. The molecule has 2 amide bonds. The van der Waals surface area contributed by atoms with Gasteiger partial charge in [-0.25, -0.2) is 4.39 Å². The van der Waals surface area contributed by atoms with Crippen molar-refractivity contribution in [3.63, 3.8) is 0 Å². The van der Waals surface area contributed by atoms with E-state index in [9.17, 15) is 14.0 Å². The van der Waals surface area contributed by atoms with Crippen LogP contribution in [-0.2, 0) is 6.54 Å². The second-order valence-corrected chi connectivity index (χ2v) is 5.61. The monoisotopic (exact) mass is 348 g/mol. The van der Waals surface area contributed by atoms with E-state index in [0.717, 1.165) is 4.90 Å². The zero-order valence-electron chi connectivity index (χ0n) is 10.8. The Labute approximate surface area is 128 Å². The molecule has 106 valence electrons. The molecule has 1 aliphatic heterocycles. The quantitative estimate of drug-likeness (QED) is 0.670. The maximum Gasteiger partial charge on any atom is 0.261 e. The molecule has 2 N–H and O–H groups in total. The number of imide groups is 1. The van der Waals surface area contributed by atoms with Crippen LogP contribution in [0.15, 0.2) is 40.9 Å². The van der Waals surface area contributed by atoms with Gasteiger partial charge in [0.05, 0.1) is 17.7 Å². The first-order chi connectivity index (χ1) is 9.99. The van der Waals surface area contributed by atoms with Gasteiger partial charge in [0.1, 0.15) is 5.82 Å². The number of halogens is 2. The lowest BCUT2D eigenvalue weighted by Gasteiger charge is -2.15. The summed E-state index contributed by atoms with van der Waals surface area (Å²) < 4.78 is 14.5. The number of nitrogens with two attached hydrogens (primary N) is 1. The highest BCUT2D eigenvalue weighted by molar-refractivity contribution is 9.10. The molecule has 0 aromatic heterocycles. The lowest BCUT2D eigenvalue weighted by molar-refractivity contribution is 0.0641. The van der Waals surface area contributed by atoms with Crippen LogP contribution in [-0.4, -0.2) is 16.7 Å². The molecule has 0 aliphatic carbocycles. The number of fused-ring (bicyclic) bond motifs is 1. The second-order valence-electron chi connectivity index (χ2n) is 4.69. The topological polar surface area (TPSA) is 63.4 Å². The predicted octanol–water partition coefficient (Wildman–Crippen LogP) is 2.97. The van der Waals surface area contributed by atoms with Crippen molar-refractivity contribution in [1.82, 2.24) is 4.90 Å². The number of nitrogens with zero attached hydrogens (tertiary/aromatic N) is 1. The zero-order chi connectivity index (χ0) is 15.1. The number of amides is 2. The van der Waals surface area contributed by atoms with Crippen LogP contribution in [0.2, 0.25) is 0 Å². The van der Waals surface area contributed by atoms with Crippen molar-refractivity contribution in [2.75, 3.05) is 5.73 Å². The maximum atomic E-state index is 13.8. The summed E-state index contributed by atoms with van der Waals surface area (Å²) in [6, 6.07) is 9.11. The average molecular weight is 349 g/mol. The molecule has 2 aromatic carbocycles. The van der Waals surface area contributed by atoms with Crippen molar-refractivity contribution in [1.29, 1.82) is 0 Å². The average Bonchev–Trinajstić information content (AvgIpc) is 2.67. The number of hydrogen-bond acceptors (Lipinski definition) is 3. The highest BCUT2D eigenvalue weighted by atomic mass is 79.9. The molecular formula is C15H10BrFN2O2. The van der Waals surface area contributed by atoms with Crippen molar-refractivity contribution in [2.24, 2.45) is 0 Å². The van der Waals surface area contributed by atoms with E-state index in [1.165, 1.54) is 18.2 Å². The molecule has 0 unspecified atom stereocenters. The van der Waals surface area contributed by atoms with Crippen LogP contribution in [0.25, 0.3) is 0 Å². The minimum Gasteiger partial charge on any atom is -0.398 e. The SMILES string of the molecule is Nc1cccc(F)c1CN1C(=O)c2ccc(Br)cc2C1=O. The Balaban J connectivity index is 1.99. The smallest absolute Gasteiger partial charge is 0.261 e. The van der Waals surface area contributed by atoms with E-state index in [-0.39, 0.29) is 17.8 Å². The maximum absolute atomic E-state index is 13.8. The van der Waals surface area contributed by atoms with Gasteiger partial charge in [-0.15, -0.1) is 0 Å². The van der Waals surface area contributed by atoms with Gasteiger partial charge in [-0.3, -0.25) is 14.5 Å². The van der Waals surface area contributed by atoms with Gasteiger partial charge in [-0.2, -0.15) is 0 Å². The van der Waals surface area contributed by atoms with Gasteiger partial charge in [0.25, 0.3) is 11.8 Å². The van der Waals surface area contributed by atoms with Gasteiger partial charge in [0.2, 0.25) is 0 Å². The molecule has 1 aliphatic rings. The molecule has 0 bridgehead atoms. The largest absolute Gasteiger partial charge is 0.398 e. The number of benzene rings is 2. The molecule has 2 aromatic rings. The molecule has 0 fully saturated rings. The lowest BCUT2D eigenvalue weighted by atomic mass is 10.1. The second kappa shape index (κ2) is 4.96. The summed E-state index contributed by atoms with van der Waals surface area (Å²) in [5.41, 5.74) is 6.71. The van der Waals surface area contributed by atoms with Crippen LogP contribution in [0.3, 0.4) is 0 Å². The van der Waals surface area contributed by atoms with E-state index in [1.54, 1.807) is 18.2 Å². The number of hydrogen-bond donors (Lipinski definition) is 1. The van der Waals surface area contributed by atoms with Crippen LogP contribution < -0.4 is 5.73 Å². The van der Waals surface area contributed by atoms with Gasteiger partial charge >= 0.3 is 0 Å². The Morgan fingerprint density at radius 2 is 1.81 bits per heavy atom. The number of nitrogen functional groups attached to an aromatic ring is 1.